The number of piperidine rings is 1. The van der Waals surface area contributed by atoms with Gasteiger partial charge in [0.05, 0.1) is 7.11 Å². The number of rotatable bonds is 4. The number of hydrogen-bond acceptors (Lipinski definition) is 3. The van der Waals surface area contributed by atoms with E-state index in [1.165, 1.54) is 49.9 Å². The molecular weight excluding hydrogens is 272 g/mol. The van der Waals surface area contributed by atoms with E-state index in [9.17, 15) is 0 Å². The first-order valence-electron chi connectivity index (χ1n) is 8.74. The Morgan fingerprint density at radius 3 is 2.86 bits per heavy atom. The SMILES string of the molecule is CN[C@@H]1[C@H]2Cc3ccc(OC)cc3[C@]1(C)CCN2CC1CC1. The Balaban J connectivity index is 1.72. The second-order valence-corrected chi connectivity index (χ2v) is 7.67. The minimum Gasteiger partial charge on any atom is -0.497 e. The summed E-state index contributed by atoms with van der Waals surface area (Å²) in [7, 11) is 3.91. The van der Waals surface area contributed by atoms with Crippen LogP contribution in [0.25, 0.3) is 0 Å². The van der Waals surface area contributed by atoms with Gasteiger partial charge in [-0.3, -0.25) is 4.90 Å². The summed E-state index contributed by atoms with van der Waals surface area (Å²) in [6, 6.07) is 7.89. The van der Waals surface area contributed by atoms with E-state index in [2.05, 4.69) is 42.4 Å². The van der Waals surface area contributed by atoms with Crippen molar-refractivity contribution in [2.24, 2.45) is 5.92 Å². The fourth-order valence-electron chi connectivity index (χ4n) is 4.87. The number of ether oxygens (including phenoxy) is 1. The Labute approximate surface area is 134 Å². The molecule has 3 nitrogen and oxygen atoms in total. The van der Waals surface area contributed by atoms with Gasteiger partial charge in [-0.1, -0.05) is 13.0 Å². The number of nitrogens with one attached hydrogen (secondary N) is 1. The Kier molecular flexibility index (Phi) is 3.46. The first-order chi connectivity index (χ1) is 10.7. The Bertz CT molecular complexity index is 569. The summed E-state index contributed by atoms with van der Waals surface area (Å²) in [5.74, 6) is 1.97. The standard InChI is InChI=1S/C19H28N2O/c1-19-8-9-21(12-13-4-5-13)17(18(19)20-2)10-14-6-7-15(22-3)11-16(14)19/h6-7,11,13,17-18,20H,4-5,8-10,12H2,1-3H3/t17-,18-,19+/m1/s1. The smallest absolute Gasteiger partial charge is 0.119 e. The molecule has 0 unspecified atom stereocenters. The van der Waals surface area contributed by atoms with Crippen molar-refractivity contribution in [1.82, 2.24) is 10.2 Å². The third kappa shape index (κ3) is 2.17. The molecule has 120 valence electrons. The van der Waals surface area contributed by atoms with Gasteiger partial charge < -0.3 is 10.1 Å². The molecule has 1 saturated carbocycles. The zero-order valence-electron chi connectivity index (χ0n) is 14.1. The van der Waals surface area contributed by atoms with E-state index >= 15 is 0 Å². The van der Waals surface area contributed by atoms with Crippen molar-refractivity contribution in [2.45, 2.75) is 50.1 Å². The number of likely N-dealkylation sites (N-methyl/N-ethyl adjacent to an activating group) is 1. The van der Waals surface area contributed by atoms with Crippen molar-refractivity contribution in [3.8, 4) is 5.75 Å². The van der Waals surface area contributed by atoms with Crippen molar-refractivity contribution in [1.29, 1.82) is 0 Å². The van der Waals surface area contributed by atoms with Crippen LogP contribution in [0.4, 0.5) is 0 Å². The van der Waals surface area contributed by atoms with Crippen molar-refractivity contribution in [2.75, 3.05) is 27.2 Å². The van der Waals surface area contributed by atoms with Gasteiger partial charge >= 0.3 is 0 Å². The highest BCUT2D eigenvalue weighted by Crippen LogP contribution is 2.46. The van der Waals surface area contributed by atoms with Gasteiger partial charge in [0, 0.05) is 24.0 Å². The molecule has 2 aliphatic carbocycles. The van der Waals surface area contributed by atoms with E-state index in [0.29, 0.717) is 12.1 Å². The summed E-state index contributed by atoms with van der Waals surface area (Å²) in [6.45, 7) is 5.00. The van der Waals surface area contributed by atoms with Crippen molar-refractivity contribution in [3.63, 3.8) is 0 Å². The number of fused-ring (bicyclic) bond motifs is 4. The van der Waals surface area contributed by atoms with Gasteiger partial charge in [0.1, 0.15) is 5.75 Å². The summed E-state index contributed by atoms with van der Waals surface area (Å²) in [6.07, 6.45) is 5.30. The average molecular weight is 300 g/mol. The summed E-state index contributed by atoms with van der Waals surface area (Å²) in [5.41, 5.74) is 3.26. The van der Waals surface area contributed by atoms with Crippen LogP contribution < -0.4 is 10.1 Å². The van der Waals surface area contributed by atoms with Crippen molar-refractivity contribution < 1.29 is 4.74 Å². The average Bonchev–Trinajstić information content (AvgIpc) is 3.34. The highest BCUT2D eigenvalue weighted by atomic mass is 16.5. The zero-order valence-corrected chi connectivity index (χ0v) is 14.1. The van der Waals surface area contributed by atoms with E-state index in [1.807, 2.05) is 0 Å². The predicted molar refractivity (Wildman–Crippen MR) is 89.6 cm³/mol. The Morgan fingerprint density at radius 1 is 1.36 bits per heavy atom. The van der Waals surface area contributed by atoms with Crippen LogP contribution in [0.5, 0.6) is 5.75 Å². The zero-order chi connectivity index (χ0) is 15.3. The molecule has 1 saturated heterocycles. The maximum atomic E-state index is 5.48. The fourth-order valence-corrected chi connectivity index (χ4v) is 4.87. The molecule has 4 rings (SSSR count). The van der Waals surface area contributed by atoms with E-state index in [1.54, 1.807) is 7.11 Å². The molecule has 22 heavy (non-hydrogen) atoms. The van der Waals surface area contributed by atoms with E-state index < -0.39 is 0 Å². The molecule has 3 atom stereocenters. The molecule has 1 heterocycles. The molecular formula is C19H28N2O. The molecule has 1 aromatic carbocycles. The van der Waals surface area contributed by atoms with Gasteiger partial charge in [0.15, 0.2) is 0 Å². The van der Waals surface area contributed by atoms with Crippen LogP contribution in [0.3, 0.4) is 0 Å². The fraction of sp³-hybridized carbons (Fsp3) is 0.684. The molecule has 0 aromatic heterocycles. The van der Waals surface area contributed by atoms with Crippen LogP contribution >= 0.6 is 0 Å². The molecule has 3 aliphatic rings. The van der Waals surface area contributed by atoms with Crippen LogP contribution in [-0.4, -0.2) is 44.2 Å². The summed E-state index contributed by atoms with van der Waals surface area (Å²) < 4.78 is 5.48. The number of likely N-dealkylation sites (tertiary alicyclic amines) is 1. The minimum atomic E-state index is 0.224. The van der Waals surface area contributed by atoms with Crippen LogP contribution in [0.15, 0.2) is 18.2 Å². The van der Waals surface area contributed by atoms with E-state index in [0.717, 1.165) is 11.7 Å². The second-order valence-electron chi connectivity index (χ2n) is 7.67. The van der Waals surface area contributed by atoms with Gasteiger partial charge in [0.25, 0.3) is 0 Å². The highest BCUT2D eigenvalue weighted by molar-refractivity contribution is 5.45. The number of methoxy groups -OCH3 is 1. The number of benzene rings is 1. The van der Waals surface area contributed by atoms with E-state index in [-0.39, 0.29) is 5.41 Å². The molecule has 1 N–H and O–H groups in total. The van der Waals surface area contributed by atoms with Crippen LogP contribution in [0.2, 0.25) is 0 Å². The molecule has 3 heteroatoms. The Morgan fingerprint density at radius 2 is 2.18 bits per heavy atom. The lowest BCUT2D eigenvalue weighted by Gasteiger charge is -2.55. The normalized spacial score (nSPS) is 34.3. The third-order valence-corrected chi connectivity index (χ3v) is 6.32. The van der Waals surface area contributed by atoms with Crippen molar-refractivity contribution in [3.05, 3.63) is 29.3 Å². The van der Waals surface area contributed by atoms with Gasteiger partial charge in [0.2, 0.25) is 0 Å². The second kappa shape index (κ2) is 5.24. The van der Waals surface area contributed by atoms with Gasteiger partial charge in [-0.05, 0) is 68.5 Å². The Hall–Kier alpha value is -1.06. The van der Waals surface area contributed by atoms with Crippen LogP contribution in [-0.2, 0) is 11.8 Å². The molecule has 0 radical (unpaired) electrons. The topological polar surface area (TPSA) is 24.5 Å². The quantitative estimate of drug-likeness (QED) is 0.925. The summed E-state index contributed by atoms with van der Waals surface area (Å²) in [4.78, 5) is 2.77. The first kappa shape index (κ1) is 14.5. The molecule has 2 bridgehead atoms. The minimum absolute atomic E-state index is 0.224. The largest absolute Gasteiger partial charge is 0.497 e. The molecule has 1 aromatic rings. The molecule has 1 aliphatic heterocycles. The van der Waals surface area contributed by atoms with E-state index in [4.69, 9.17) is 4.74 Å². The summed E-state index contributed by atoms with van der Waals surface area (Å²) in [5, 5.41) is 3.67. The summed E-state index contributed by atoms with van der Waals surface area (Å²) >= 11 is 0. The number of nitrogens with zero attached hydrogens (tertiary/aromatic N) is 1. The lowest BCUT2D eigenvalue weighted by molar-refractivity contribution is 0.0464. The van der Waals surface area contributed by atoms with Crippen LogP contribution in [0.1, 0.15) is 37.3 Å². The highest BCUT2D eigenvalue weighted by Gasteiger charge is 2.50. The van der Waals surface area contributed by atoms with Gasteiger partial charge in [-0.2, -0.15) is 0 Å². The molecule has 0 amide bonds. The monoisotopic (exact) mass is 300 g/mol. The maximum absolute atomic E-state index is 5.48. The molecule has 2 fully saturated rings. The lowest BCUT2D eigenvalue weighted by atomic mass is 9.61. The van der Waals surface area contributed by atoms with Gasteiger partial charge in [-0.25, -0.2) is 0 Å². The van der Waals surface area contributed by atoms with Crippen molar-refractivity contribution >= 4 is 0 Å². The first-order valence-corrected chi connectivity index (χ1v) is 8.74. The third-order valence-electron chi connectivity index (χ3n) is 6.32. The number of hydrogen-bond donors (Lipinski definition) is 1. The van der Waals surface area contributed by atoms with Crippen LogP contribution in [0, 0.1) is 5.92 Å². The lowest BCUT2D eigenvalue weighted by Crippen LogP contribution is -2.66. The van der Waals surface area contributed by atoms with Gasteiger partial charge in [-0.15, -0.1) is 0 Å². The maximum Gasteiger partial charge on any atom is 0.119 e. The predicted octanol–water partition coefficient (Wildman–Crippen LogP) is 2.58. The molecule has 0 spiro atoms.